The zero-order valence-electron chi connectivity index (χ0n) is 11.6. The number of phenols is 1. The number of hydrogen-bond donors (Lipinski definition) is 2. The van der Waals surface area contributed by atoms with E-state index in [4.69, 9.17) is 5.73 Å². The quantitative estimate of drug-likeness (QED) is 0.867. The van der Waals surface area contributed by atoms with Crippen molar-refractivity contribution in [2.24, 2.45) is 5.73 Å². The van der Waals surface area contributed by atoms with Gasteiger partial charge >= 0.3 is 0 Å². The van der Waals surface area contributed by atoms with Crippen molar-refractivity contribution in [2.45, 2.75) is 19.9 Å². The lowest BCUT2D eigenvalue weighted by Crippen LogP contribution is -2.33. The number of nitrogens with zero attached hydrogens (tertiary/aromatic N) is 1. The number of benzene rings is 2. The second-order valence-electron chi connectivity index (χ2n) is 4.69. The van der Waals surface area contributed by atoms with Crippen molar-refractivity contribution in [2.75, 3.05) is 19.6 Å². The minimum Gasteiger partial charge on any atom is -0.508 e. The van der Waals surface area contributed by atoms with Crippen LogP contribution < -0.4 is 5.73 Å². The summed E-state index contributed by atoms with van der Waals surface area (Å²) in [6.07, 6.45) is 0. The van der Waals surface area contributed by atoms with Gasteiger partial charge in [0.1, 0.15) is 5.75 Å². The van der Waals surface area contributed by atoms with Gasteiger partial charge in [0.15, 0.2) is 0 Å². The summed E-state index contributed by atoms with van der Waals surface area (Å²) in [5.74, 6) is 0.334. The Bertz CT molecular complexity index is 549. The summed E-state index contributed by atoms with van der Waals surface area (Å²) in [4.78, 5) is 2.28. The average molecular weight is 258 g/mol. The van der Waals surface area contributed by atoms with Gasteiger partial charge < -0.3 is 10.8 Å². The molecule has 3 nitrogen and oxygen atoms in total. The first-order valence-electron chi connectivity index (χ1n) is 6.87. The van der Waals surface area contributed by atoms with Gasteiger partial charge in [-0.3, -0.25) is 4.90 Å². The van der Waals surface area contributed by atoms with Crippen LogP contribution in [0.2, 0.25) is 0 Å². The van der Waals surface area contributed by atoms with Crippen LogP contribution in [0.5, 0.6) is 5.75 Å². The van der Waals surface area contributed by atoms with Crippen LogP contribution in [-0.4, -0.2) is 29.6 Å². The fourth-order valence-corrected chi connectivity index (χ4v) is 2.75. The van der Waals surface area contributed by atoms with Crippen LogP contribution in [0.4, 0.5) is 0 Å². The molecule has 0 saturated heterocycles. The van der Waals surface area contributed by atoms with Gasteiger partial charge in [-0.15, -0.1) is 0 Å². The van der Waals surface area contributed by atoms with Gasteiger partial charge in [-0.25, -0.2) is 0 Å². The largest absolute Gasteiger partial charge is 0.508 e. The maximum absolute atomic E-state index is 10.3. The monoisotopic (exact) mass is 258 g/mol. The Morgan fingerprint density at radius 3 is 2.42 bits per heavy atom. The topological polar surface area (TPSA) is 49.5 Å². The van der Waals surface area contributed by atoms with E-state index in [0.717, 1.165) is 29.4 Å². The van der Waals surface area contributed by atoms with Gasteiger partial charge in [-0.05, 0) is 29.9 Å². The highest BCUT2D eigenvalue weighted by Gasteiger charge is 2.21. The number of hydrogen-bond acceptors (Lipinski definition) is 3. The lowest BCUT2D eigenvalue weighted by molar-refractivity contribution is 0.221. The molecule has 0 amide bonds. The molecule has 1 unspecified atom stereocenters. The van der Waals surface area contributed by atoms with Gasteiger partial charge in [0.25, 0.3) is 0 Å². The van der Waals surface area contributed by atoms with Crippen LogP contribution in [0.15, 0.2) is 36.4 Å². The van der Waals surface area contributed by atoms with Gasteiger partial charge in [0.2, 0.25) is 0 Å². The lowest BCUT2D eigenvalue weighted by atomic mass is 9.96. The van der Waals surface area contributed by atoms with Crippen molar-refractivity contribution in [3.8, 4) is 5.75 Å². The molecule has 0 saturated carbocycles. The van der Waals surface area contributed by atoms with E-state index >= 15 is 0 Å². The molecule has 2 aromatic rings. The molecule has 0 aliphatic carbocycles. The average Bonchev–Trinajstić information content (AvgIpc) is 2.45. The van der Waals surface area contributed by atoms with Crippen LogP contribution in [0.25, 0.3) is 10.8 Å². The van der Waals surface area contributed by atoms with Crippen molar-refractivity contribution < 1.29 is 5.11 Å². The van der Waals surface area contributed by atoms with Crippen LogP contribution in [0, 0.1) is 0 Å². The Morgan fingerprint density at radius 1 is 1.11 bits per heavy atom. The predicted octanol–water partition coefficient (Wildman–Crippen LogP) is 2.89. The molecule has 1 atom stereocenters. The van der Waals surface area contributed by atoms with Gasteiger partial charge in [0.05, 0.1) is 6.04 Å². The van der Waals surface area contributed by atoms with Crippen LogP contribution >= 0.6 is 0 Å². The Hall–Kier alpha value is -1.58. The number of fused-ring (bicyclic) bond motifs is 1. The van der Waals surface area contributed by atoms with Crippen molar-refractivity contribution >= 4 is 10.8 Å². The standard InChI is InChI=1S/C16H22N2O/c1-3-18(4-2)14(11-17)16-13-8-6-5-7-12(13)9-10-15(16)19/h5-10,14,19H,3-4,11,17H2,1-2H3. The summed E-state index contributed by atoms with van der Waals surface area (Å²) in [6.45, 7) is 6.58. The molecule has 0 radical (unpaired) electrons. The third-order valence-electron chi connectivity index (χ3n) is 3.76. The smallest absolute Gasteiger partial charge is 0.121 e. The summed E-state index contributed by atoms with van der Waals surface area (Å²) in [7, 11) is 0. The first kappa shape index (κ1) is 13.8. The lowest BCUT2D eigenvalue weighted by Gasteiger charge is -2.30. The van der Waals surface area contributed by atoms with E-state index in [1.54, 1.807) is 6.07 Å². The first-order chi connectivity index (χ1) is 9.22. The summed E-state index contributed by atoms with van der Waals surface area (Å²) in [6, 6.07) is 11.9. The highest BCUT2D eigenvalue weighted by atomic mass is 16.3. The van der Waals surface area contributed by atoms with E-state index in [1.807, 2.05) is 18.2 Å². The minimum atomic E-state index is 0.0566. The number of phenolic OH excluding ortho intramolecular Hbond substituents is 1. The van der Waals surface area contributed by atoms with Gasteiger partial charge in [-0.2, -0.15) is 0 Å². The minimum absolute atomic E-state index is 0.0566. The fourth-order valence-electron chi connectivity index (χ4n) is 2.75. The molecule has 0 heterocycles. The first-order valence-corrected chi connectivity index (χ1v) is 6.87. The van der Waals surface area contributed by atoms with Crippen molar-refractivity contribution in [1.82, 2.24) is 4.90 Å². The number of aromatic hydroxyl groups is 1. The summed E-state index contributed by atoms with van der Waals surface area (Å²) in [5, 5.41) is 12.5. The number of likely N-dealkylation sites (N-methyl/N-ethyl adjacent to an activating group) is 1. The molecule has 19 heavy (non-hydrogen) atoms. The molecule has 0 fully saturated rings. The van der Waals surface area contributed by atoms with Crippen LogP contribution in [0.3, 0.4) is 0 Å². The molecular formula is C16H22N2O. The third-order valence-corrected chi connectivity index (χ3v) is 3.76. The van der Waals surface area contributed by atoms with E-state index < -0.39 is 0 Å². The zero-order valence-corrected chi connectivity index (χ0v) is 11.6. The zero-order chi connectivity index (χ0) is 13.8. The molecule has 0 aliphatic heterocycles. The highest BCUT2D eigenvalue weighted by Crippen LogP contribution is 2.34. The summed E-state index contributed by atoms with van der Waals surface area (Å²) >= 11 is 0. The molecule has 2 aromatic carbocycles. The normalized spacial score (nSPS) is 13.1. The molecule has 2 rings (SSSR count). The molecule has 0 bridgehead atoms. The number of rotatable bonds is 5. The Labute approximate surface area is 114 Å². The molecule has 0 spiro atoms. The van der Waals surface area contributed by atoms with Crippen molar-refractivity contribution in [3.05, 3.63) is 42.0 Å². The highest BCUT2D eigenvalue weighted by molar-refractivity contribution is 5.88. The molecule has 102 valence electrons. The van der Waals surface area contributed by atoms with E-state index in [9.17, 15) is 5.11 Å². The predicted molar refractivity (Wildman–Crippen MR) is 80.3 cm³/mol. The maximum atomic E-state index is 10.3. The summed E-state index contributed by atoms with van der Waals surface area (Å²) < 4.78 is 0. The van der Waals surface area contributed by atoms with E-state index in [1.165, 1.54) is 0 Å². The molecule has 3 N–H and O–H groups in total. The molecule has 0 aliphatic rings. The van der Waals surface area contributed by atoms with Crippen LogP contribution in [0.1, 0.15) is 25.5 Å². The van der Waals surface area contributed by atoms with Crippen molar-refractivity contribution in [3.63, 3.8) is 0 Å². The summed E-state index contributed by atoms with van der Waals surface area (Å²) in [5.41, 5.74) is 6.91. The van der Waals surface area contributed by atoms with Crippen molar-refractivity contribution in [1.29, 1.82) is 0 Å². The second kappa shape index (κ2) is 6.04. The Balaban J connectivity index is 2.61. The maximum Gasteiger partial charge on any atom is 0.121 e. The Kier molecular flexibility index (Phi) is 4.40. The fraction of sp³-hybridized carbons (Fsp3) is 0.375. The second-order valence-corrected chi connectivity index (χ2v) is 4.69. The van der Waals surface area contributed by atoms with E-state index in [0.29, 0.717) is 12.3 Å². The van der Waals surface area contributed by atoms with Crippen LogP contribution in [-0.2, 0) is 0 Å². The Morgan fingerprint density at radius 2 is 1.79 bits per heavy atom. The number of nitrogens with two attached hydrogens (primary N) is 1. The van der Waals surface area contributed by atoms with E-state index in [2.05, 4.69) is 30.9 Å². The molecule has 0 aromatic heterocycles. The molecule has 3 heteroatoms. The molecular weight excluding hydrogens is 236 g/mol. The van der Waals surface area contributed by atoms with Gasteiger partial charge in [0, 0.05) is 12.1 Å². The van der Waals surface area contributed by atoms with Gasteiger partial charge in [-0.1, -0.05) is 44.2 Å². The SMILES string of the molecule is CCN(CC)C(CN)c1c(O)ccc2ccccc12. The van der Waals surface area contributed by atoms with E-state index in [-0.39, 0.29) is 6.04 Å². The third kappa shape index (κ3) is 2.57.